The Balaban J connectivity index is 1.12. The van der Waals surface area contributed by atoms with Crippen molar-refractivity contribution in [3.8, 4) is 5.75 Å². The van der Waals surface area contributed by atoms with E-state index in [1.54, 1.807) is 0 Å². The summed E-state index contributed by atoms with van der Waals surface area (Å²) in [6.45, 7) is 1.71. The van der Waals surface area contributed by atoms with Gasteiger partial charge >= 0.3 is 0 Å². The second kappa shape index (κ2) is 9.28. The van der Waals surface area contributed by atoms with E-state index in [4.69, 9.17) is 4.74 Å². The Morgan fingerprint density at radius 2 is 1.48 bits per heavy atom. The van der Waals surface area contributed by atoms with Crippen molar-refractivity contribution in [2.24, 2.45) is 23.2 Å². The maximum Gasteiger partial charge on any atom is 0.276 e. The largest absolute Gasteiger partial charge is 0.484 e. The van der Waals surface area contributed by atoms with Gasteiger partial charge in [-0.05, 0) is 85.8 Å². The van der Waals surface area contributed by atoms with Gasteiger partial charge in [-0.2, -0.15) is 0 Å². The number of amides is 3. The number of hydrogen-bond acceptors (Lipinski definition) is 4. The summed E-state index contributed by atoms with van der Waals surface area (Å²) in [5.74, 6) is 1.99. The highest BCUT2D eigenvalue weighted by Gasteiger charge is 2.51. The van der Waals surface area contributed by atoms with E-state index in [9.17, 15) is 14.4 Å². The van der Waals surface area contributed by atoms with Crippen LogP contribution in [0.5, 0.6) is 5.75 Å². The molecule has 5 rings (SSSR count). The second-order valence-corrected chi connectivity index (χ2v) is 9.75. The average Bonchev–Trinajstić information content (AvgIpc) is 2.74. The fraction of sp³-hybridized carbons (Fsp3) is 0.625. The summed E-state index contributed by atoms with van der Waals surface area (Å²) in [7, 11) is 0. The van der Waals surface area contributed by atoms with Crippen LogP contribution in [0.3, 0.4) is 0 Å². The van der Waals surface area contributed by atoms with Gasteiger partial charge in [0, 0.05) is 6.42 Å². The third-order valence-electron chi connectivity index (χ3n) is 7.19. The topological polar surface area (TPSA) is 96.5 Å². The van der Waals surface area contributed by atoms with E-state index < -0.39 is 11.8 Å². The molecule has 0 spiro atoms. The lowest BCUT2D eigenvalue weighted by molar-refractivity contribution is -0.133. The number of hydrazine groups is 1. The monoisotopic (exact) mass is 427 g/mol. The van der Waals surface area contributed by atoms with Gasteiger partial charge in [-0.1, -0.05) is 19.1 Å². The van der Waals surface area contributed by atoms with E-state index in [1.165, 1.54) is 24.8 Å². The number of aryl methyl sites for hydroxylation is 1. The Morgan fingerprint density at radius 1 is 0.903 bits per heavy atom. The van der Waals surface area contributed by atoms with Crippen LogP contribution in [-0.4, -0.2) is 30.9 Å². The van der Waals surface area contributed by atoms with Crippen LogP contribution in [0.25, 0.3) is 0 Å². The number of rotatable bonds is 8. The summed E-state index contributed by atoms with van der Waals surface area (Å²) in [4.78, 5) is 36.3. The standard InChI is InChI=1S/C24H33N3O4/c1-2-16-3-5-20(6-4-16)31-15-23(30)27-26-22(29)14-25-21(28)13-24-10-17-7-18(11-24)9-19(8-17)12-24/h3-6,17-19H,2,7-15H2,1H3,(H,25,28)(H,26,29)(H,27,30). The lowest BCUT2D eigenvalue weighted by Gasteiger charge is -2.56. The summed E-state index contributed by atoms with van der Waals surface area (Å²) >= 11 is 0. The molecule has 4 saturated carbocycles. The van der Waals surface area contributed by atoms with Gasteiger partial charge in [-0.15, -0.1) is 0 Å². The quantitative estimate of drug-likeness (QED) is 0.556. The number of nitrogens with one attached hydrogen (secondary N) is 3. The first-order valence-corrected chi connectivity index (χ1v) is 11.5. The highest BCUT2D eigenvalue weighted by atomic mass is 16.5. The van der Waals surface area contributed by atoms with E-state index >= 15 is 0 Å². The summed E-state index contributed by atoms with van der Waals surface area (Å²) in [6.07, 6.45) is 8.97. The van der Waals surface area contributed by atoms with Gasteiger partial charge in [-0.3, -0.25) is 25.2 Å². The molecule has 7 nitrogen and oxygen atoms in total. The van der Waals surface area contributed by atoms with Crippen LogP contribution in [-0.2, 0) is 20.8 Å². The first-order valence-electron chi connectivity index (χ1n) is 11.5. The molecule has 0 radical (unpaired) electrons. The zero-order valence-electron chi connectivity index (χ0n) is 18.2. The zero-order valence-corrected chi connectivity index (χ0v) is 18.2. The van der Waals surface area contributed by atoms with Crippen LogP contribution in [0, 0.1) is 23.2 Å². The minimum atomic E-state index is -0.465. The molecule has 4 bridgehead atoms. The Labute approximate surface area is 183 Å². The van der Waals surface area contributed by atoms with Gasteiger partial charge in [-0.25, -0.2) is 0 Å². The molecule has 0 unspecified atom stereocenters. The molecule has 4 aliphatic carbocycles. The van der Waals surface area contributed by atoms with Crippen molar-refractivity contribution in [3.05, 3.63) is 29.8 Å². The molecule has 0 saturated heterocycles. The third-order valence-corrected chi connectivity index (χ3v) is 7.19. The van der Waals surface area contributed by atoms with Crippen molar-refractivity contribution < 1.29 is 19.1 Å². The van der Waals surface area contributed by atoms with Crippen molar-refractivity contribution in [3.63, 3.8) is 0 Å². The van der Waals surface area contributed by atoms with E-state index in [2.05, 4.69) is 23.1 Å². The summed E-state index contributed by atoms with van der Waals surface area (Å²) in [5, 5.41) is 2.72. The van der Waals surface area contributed by atoms with Gasteiger partial charge in [0.2, 0.25) is 5.91 Å². The van der Waals surface area contributed by atoms with Gasteiger partial charge in [0.15, 0.2) is 6.61 Å². The first kappa shape index (κ1) is 21.7. The Kier molecular flexibility index (Phi) is 6.49. The van der Waals surface area contributed by atoms with Gasteiger partial charge < -0.3 is 10.1 Å². The van der Waals surface area contributed by atoms with Crippen molar-refractivity contribution >= 4 is 17.7 Å². The molecular formula is C24H33N3O4. The van der Waals surface area contributed by atoms with Crippen molar-refractivity contribution in [1.29, 1.82) is 0 Å². The molecule has 4 aliphatic rings. The molecule has 168 valence electrons. The molecule has 4 fully saturated rings. The molecule has 3 amide bonds. The maximum atomic E-state index is 12.5. The summed E-state index contributed by atoms with van der Waals surface area (Å²) in [5.41, 5.74) is 5.97. The van der Waals surface area contributed by atoms with Crippen molar-refractivity contribution in [2.75, 3.05) is 13.2 Å². The summed E-state index contributed by atoms with van der Waals surface area (Å²) < 4.78 is 5.40. The molecule has 0 aromatic heterocycles. The van der Waals surface area contributed by atoms with Crippen molar-refractivity contribution in [2.45, 2.75) is 58.3 Å². The van der Waals surface area contributed by atoms with Crippen LogP contribution < -0.4 is 20.9 Å². The van der Waals surface area contributed by atoms with E-state index in [1.807, 2.05) is 24.3 Å². The fourth-order valence-corrected chi connectivity index (χ4v) is 6.28. The lowest BCUT2D eigenvalue weighted by atomic mass is 9.49. The minimum absolute atomic E-state index is 0.0673. The Hall–Kier alpha value is -2.57. The Bertz CT molecular complexity index is 785. The predicted molar refractivity (Wildman–Crippen MR) is 116 cm³/mol. The Morgan fingerprint density at radius 3 is 2.06 bits per heavy atom. The number of ether oxygens (including phenoxy) is 1. The number of benzene rings is 1. The molecule has 1 aromatic carbocycles. The normalized spacial score (nSPS) is 28.1. The molecular weight excluding hydrogens is 394 g/mol. The first-order chi connectivity index (χ1) is 14.9. The molecule has 1 aromatic rings. The van der Waals surface area contributed by atoms with Crippen molar-refractivity contribution in [1.82, 2.24) is 16.2 Å². The van der Waals surface area contributed by atoms with Gasteiger partial charge in [0.05, 0.1) is 6.54 Å². The SMILES string of the molecule is CCc1ccc(OCC(=O)NNC(=O)CNC(=O)CC23CC4CC(CC(C4)C2)C3)cc1. The maximum absolute atomic E-state index is 12.5. The predicted octanol–water partition coefficient (Wildman–Crippen LogP) is 2.50. The van der Waals surface area contributed by atoms with Gasteiger partial charge in [0.25, 0.3) is 11.8 Å². The zero-order chi connectivity index (χ0) is 21.8. The van der Waals surface area contributed by atoms with E-state index in [0.29, 0.717) is 12.2 Å². The van der Waals surface area contributed by atoms with Crippen LogP contribution in [0.2, 0.25) is 0 Å². The van der Waals surface area contributed by atoms with E-state index in [0.717, 1.165) is 43.4 Å². The lowest BCUT2D eigenvalue weighted by Crippen LogP contribution is -2.50. The average molecular weight is 428 g/mol. The van der Waals surface area contributed by atoms with Crippen LogP contribution in [0.4, 0.5) is 0 Å². The van der Waals surface area contributed by atoms with Crippen LogP contribution in [0.15, 0.2) is 24.3 Å². The number of hydrogen-bond donors (Lipinski definition) is 3. The molecule has 0 heterocycles. The fourth-order valence-electron chi connectivity index (χ4n) is 6.28. The molecule has 7 heteroatoms. The summed E-state index contributed by atoms with van der Waals surface area (Å²) in [6, 6.07) is 7.51. The smallest absolute Gasteiger partial charge is 0.276 e. The number of carbonyl (C=O) groups excluding carboxylic acids is 3. The second-order valence-electron chi connectivity index (χ2n) is 9.75. The van der Waals surface area contributed by atoms with Crippen LogP contribution in [0.1, 0.15) is 57.4 Å². The molecule has 3 N–H and O–H groups in total. The number of carbonyl (C=O) groups is 3. The molecule has 0 aliphatic heterocycles. The van der Waals surface area contributed by atoms with Gasteiger partial charge in [0.1, 0.15) is 5.75 Å². The highest BCUT2D eigenvalue weighted by molar-refractivity contribution is 5.87. The molecule has 31 heavy (non-hydrogen) atoms. The highest BCUT2D eigenvalue weighted by Crippen LogP contribution is 2.61. The molecule has 0 atom stereocenters. The third kappa shape index (κ3) is 5.57. The van der Waals surface area contributed by atoms with E-state index in [-0.39, 0.29) is 24.5 Å². The van der Waals surface area contributed by atoms with Crippen LogP contribution >= 0.6 is 0 Å². The minimum Gasteiger partial charge on any atom is -0.484 e.